The van der Waals surface area contributed by atoms with Gasteiger partial charge in [-0.15, -0.1) is 0 Å². The number of hydrogen-bond acceptors (Lipinski definition) is 2. The van der Waals surface area contributed by atoms with Crippen molar-refractivity contribution in [1.82, 2.24) is 23.7 Å². The molecule has 0 radical (unpaired) electrons. The van der Waals surface area contributed by atoms with Crippen LogP contribution in [0.1, 0.15) is 72.3 Å². The fraction of sp³-hybridized carbons (Fsp3) is 0.129. The average molecular weight is 2070 g/mol. The summed E-state index contributed by atoms with van der Waals surface area (Å²) in [5.74, 6) is 0. The molecule has 0 aliphatic carbocycles. The highest BCUT2D eigenvalue weighted by atomic mass is 19.5. The lowest BCUT2D eigenvalue weighted by molar-refractivity contribution is -0.144. The van der Waals surface area contributed by atoms with Crippen LogP contribution in [0.5, 0.6) is 0 Å². The Morgan fingerprint density at radius 3 is 0.455 bits per heavy atom. The van der Waals surface area contributed by atoms with Gasteiger partial charge in [0.25, 0.3) is 0 Å². The third kappa shape index (κ3) is 18.9. The normalized spacial score (nSPS) is 13.5. The number of rotatable bonds is 11. The Morgan fingerprint density at radius 2 is 0.297 bits per heavy atom. The van der Waals surface area contributed by atoms with Gasteiger partial charge in [0.1, 0.15) is 0 Å². The van der Waals surface area contributed by atoms with Gasteiger partial charge < -0.3 is 13.7 Å². The maximum atomic E-state index is 17.2. The number of pyridine rings is 2. The zero-order chi connectivity index (χ0) is 105. The van der Waals surface area contributed by atoms with Gasteiger partial charge in [-0.05, 0) is 273 Å². The maximum absolute atomic E-state index is 17.2. The highest BCUT2D eigenvalue weighted by Crippen LogP contribution is 2.55. The van der Waals surface area contributed by atoms with Crippen LogP contribution in [0.4, 0.5) is 171 Å². The van der Waals surface area contributed by atoms with Crippen molar-refractivity contribution in [1.29, 1.82) is 0 Å². The predicted octanol–water partition coefficient (Wildman–Crippen LogP) is 36.3. The summed E-state index contributed by atoms with van der Waals surface area (Å²) in [5, 5.41) is -2.91. The van der Waals surface area contributed by atoms with Gasteiger partial charge in [-0.2, -0.15) is 171 Å². The third-order valence-electron chi connectivity index (χ3n) is 24.1. The van der Waals surface area contributed by atoms with Crippen molar-refractivity contribution in [3.05, 3.63) is 340 Å². The molecular formula is C101H44F39N5. The summed E-state index contributed by atoms with van der Waals surface area (Å²) in [6.45, 7) is 0. The van der Waals surface area contributed by atoms with E-state index in [9.17, 15) is 158 Å². The van der Waals surface area contributed by atoms with Crippen molar-refractivity contribution in [3.63, 3.8) is 0 Å². The van der Waals surface area contributed by atoms with E-state index in [2.05, 4.69) is 9.97 Å². The molecule has 44 heteroatoms. The Labute approximate surface area is 783 Å². The summed E-state index contributed by atoms with van der Waals surface area (Å²) < 4.78 is 588. The Bertz CT molecular complexity index is 7400. The molecule has 5 heterocycles. The van der Waals surface area contributed by atoms with Crippen molar-refractivity contribution >= 4 is 65.4 Å². The molecule has 0 unspecified atom stereocenters. The molecule has 0 aliphatic heterocycles. The lowest BCUT2D eigenvalue weighted by Crippen LogP contribution is -2.11. The van der Waals surface area contributed by atoms with Gasteiger partial charge in [0.15, 0.2) is 0 Å². The van der Waals surface area contributed by atoms with E-state index < -0.39 is 324 Å². The van der Waals surface area contributed by atoms with E-state index in [4.69, 9.17) is 0 Å². The van der Waals surface area contributed by atoms with E-state index in [-0.39, 0.29) is 109 Å². The van der Waals surface area contributed by atoms with Crippen LogP contribution < -0.4 is 0 Å². The summed E-state index contributed by atoms with van der Waals surface area (Å²) in [5.41, 5.74) is -42.3. The fourth-order valence-corrected chi connectivity index (χ4v) is 17.7. The molecule has 145 heavy (non-hydrogen) atoms. The molecule has 746 valence electrons. The molecule has 13 aromatic carbocycles. The number of alkyl halides is 39. The van der Waals surface area contributed by atoms with E-state index in [1.54, 1.807) is 0 Å². The molecule has 0 bridgehead atoms. The van der Waals surface area contributed by atoms with Crippen molar-refractivity contribution in [3.8, 4) is 106 Å². The average Bonchev–Trinajstić information content (AvgIpc) is 1.56. The highest BCUT2D eigenvalue weighted by molar-refractivity contribution is 6.16. The molecule has 0 spiro atoms. The zero-order valence-corrected chi connectivity index (χ0v) is 70.9. The summed E-state index contributed by atoms with van der Waals surface area (Å²) in [6, 6.07) is 19.5. The van der Waals surface area contributed by atoms with Crippen LogP contribution in [0.2, 0.25) is 0 Å². The standard InChI is InChI=1S/C101H44F39N5/c102-89(103,104)57-17-51(18-58(35-57)90(105,106)107)45-1-7-80-70(29-45)71-30-46(52-19-59(91(108,109)110)36-60(20-52)92(111,112)113)2-8-81(71)143(80)86-13-15-141-43-78(86)76-41-69(101(138,139)140)42-77(88(76)145-84-11-5-49(55-25-65(97(126,127)128)39-66(26-55)98(129,130)131)33-74(84)75-34-50(6-12-85(75)145)56-27-67(99(132,133)134)40-68(28-56)100(135,136)137)79-44-142-16-14-87(79)144-82-9-3-47(53-21-61(93(114,115)116)37-62(22-53)94(117,118)119)31-72(82)73-32-48(4-10-83(73)144)54-23-63(95(120,121)122)38-64(24-54)96(123,124)125/h1-44H. The molecule has 0 fully saturated rings. The topological polar surface area (TPSA) is 40.6 Å². The number of fused-ring (bicyclic) bond motifs is 9. The molecular weight excluding hydrogens is 2020 g/mol. The fourth-order valence-electron chi connectivity index (χ4n) is 17.7. The van der Waals surface area contributed by atoms with Gasteiger partial charge >= 0.3 is 80.3 Å². The quantitative estimate of drug-likeness (QED) is 0.121. The van der Waals surface area contributed by atoms with Crippen LogP contribution in [-0.4, -0.2) is 23.7 Å². The SMILES string of the molecule is FC(F)(F)c1cc(-c2ccc3c(c2)c2cc(-c4cc(C(F)(F)F)cc(C(F)(F)F)c4)ccc2n3-c2ccncc2-c2cc(C(F)(F)F)cc(-c3cnccc3-n3c4ccc(-c5cc(C(F)(F)F)cc(C(F)(F)F)c5)cc4c4cc(-c5cc(C(F)(F)F)cc(C(F)(F)F)c5)ccc43)c2-n2c3ccc(-c4cc(C(F)(F)F)cc(C(F)(F)F)c4)cc3c3cc(-c4cc(C(F)(F)F)cc(C(F)(F)F)c4)ccc32)cc(C(F)(F)F)c1. The lowest BCUT2D eigenvalue weighted by Gasteiger charge is -2.24. The molecule has 0 saturated carbocycles. The van der Waals surface area contributed by atoms with Crippen LogP contribution in [0.3, 0.4) is 0 Å². The summed E-state index contributed by atoms with van der Waals surface area (Å²) in [4.78, 5) is 8.52. The largest absolute Gasteiger partial charge is 0.416 e. The first-order valence-electron chi connectivity index (χ1n) is 41.2. The summed E-state index contributed by atoms with van der Waals surface area (Å²) in [6.07, 6.45) is -69.5. The first kappa shape index (κ1) is 99.9. The predicted molar refractivity (Wildman–Crippen MR) is 454 cm³/mol. The van der Waals surface area contributed by atoms with Crippen molar-refractivity contribution < 1.29 is 171 Å². The first-order chi connectivity index (χ1) is 67.0. The molecule has 5 aromatic heterocycles. The minimum atomic E-state index is -5.80. The van der Waals surface area contributed by atoms with E-state index in [1.807, 2.05) is 0 Å². The minimum Gasteiger partial charge on any atom is -0.309 e. The van der Waals surface area contributed by atoms with Crippen LogP contribution in [-0.2, 0) is 80.3 Å². The van der Waals surface area contributed by atoms with Gasteiger partial charge in [-0.1, -0.05) is 36.4 Å². The highest BCUT2D eigenvalue weighted by Gasteiger charge is 2.46. The smallest absolute Gasteiger partial charge is 0.309 e. The van der Waals surface area contributed by atoms with Crippen LogP contribution >= 0.6 is 0 Å². The zero-order valence-electron chi connectivity index (χ0n) is 70.9. The van der Waals surface area contributed by atoms with Crippen LogP contribution in [0.15, 0.2) is 267 Å². The Kier molecular flexibility index (Phi) is 23.2. The lowest BCUT2D eigenvalue weighted by atomic mass is 9.92. The molecule has 0 N–H and O–H groups in total. The van der Waals surface area contributed by atoms with E-state index in [1.165, 1.54) is 0 Å². The van der Waals surface area contributed by atoms with Crippen molar-refractivity contribution in [2.45, 2.75) is 80.3 Å². The van der Waals surface area contributed by atoms with Crippen LogP contribution in [0, 0.1) is 0 Å². The van der Waals surface area contributed by atoms with E-state index >= 15 is 13.2 Å². The molecule has 18 rings (SSSR count). The second-order valence-corrected chi connectivity index (χ2v) is 33.4. The monoisotopic (exact) mass is 2070 g/mol. The third-order valence-corrected chi connectivity index (χ3v) is 24.1. The molecule has 0 atom stereocenters. The van der Waals surface area contributed by atoms with Gasteiger partial charge in [0, 0.05) is 79.4 Å². The molecule has 0 saturated heterocycles. The summed E-state index contributed by atoms with van der Waals surface area (Å²) in [7, 11) is 0. The van der Waals surface area contributed by atoms with Gasteiger partial charge in [0.05, 0.1) is 122 Å². The Balaban J connectivity index is 1.00. The number of hydrogen-bond donors (Lipinski definition) is 0. The molecule has 0 aliphatic rings. The second-order valence-electron chi connectivity index (χ2n) is 33.4. The maximum Gasteiger partial charge on any atom is 0.416 e. The second kappa shape index (κ2) is 33.7. The Hall–Kier alpha value is -15.2. The Morgan fingerprint density at radius 1 is 0.145 bits per heavy atom. The first-order valence-corrected chi connectivity index (χ1v) is 41.2. The van der Waals surface area contributed by atoms with E-state index in [0.29, 0.717) is 12.1 Å². The van der Waals surface area contributed by atoms with Gasteiger partial charge in [-0.3, -0.25) is 9.97 Å². The molecule has 5 nitrogen and oxygen atoms in total. The van der Waals surface area contributed by atoms with Crippen LogP contribution in [0.25, 0.3) is 171 Å². The number of aromatic nitrogens is 5. The van der Waals surface area contributed by atoms with Gasteiger partial charge in [0.2, 0.25) is 0 Å². The van der Waals surface area contributed by atoms with E-state index in [0.717, 1.165) is 160 Å². The molecule has 0 amide bonds. The molecule has 18 aromatic rings. The van der Waals surface area contributed by atoms with Crippen molar-refractivity contribution in [2.24, 2.45) is 0 Å². The minimum absolute atomic E-state index is 0.197. The summed E-state index contributed by atoms with van der Waals surface area (Å²) >= 11 is 0. The number of benzene rings is 13. The van der Waals surface area contributed by atoms with Gasteiger partial charge in [-0.25, -0.2) is 0 Å². The van der Waals surface area contributed by atoms with Crippen molar-refractivity contribution in [2.75, 3.05) is 0 Å². The number of nitrogens with zero attached hydrogens (tertiary/aromatic N) is 5. The number of halogens is 39.